The van der Waals surface area contributed by atoms with Crippen molar-refractivity contribution < 1.29 is 9.21 Å². The van der Waals surface area contributed by atoms with Gasteiger partial charge in [0.1, 0.15) is 17.1 Å². The number of aromatic nitrogens is 2. The molecule has 0 spiro atoms. The van der Waals surface area contributed by atoms with Crippen molar-refractivity contribution in [1.82, 2.24) is 20.2 Å². The third-order valence-electron chi connectivity index (χ3n) is 4.76. The Morgan fingerprint density at radius 3 is 3.16 bits per heavy atom. The van der Waals surface area contributed by atoms with Gasteiger partial charge in [0.25, 0.3) is 5.91 Å². The lowest BCUT2D eigenvalue weighted by Gasteiger charge is -2.15. The third kappa shape index (κ3) is 3.44. The molecule has 3 heterocycles. The lowest BCUT2D eigenvalue weighted by atomic mass is 10.1. The van der Waals surface area contributed by atoms with Crippen molar-refractivity contribution in [2.45, 2.75) is 19.9 Å². The van der Waals surface area contributed by atoms with E-state index in [9.17, 15) is 4.79 Å². The highest BCUT2D eigenvalue weighted by Crippen LogP contribution is 2.19. The molecule has 1 fully saturated rings. The maximum Gasteiger partial charge on any atom is 0.253 e. The minimum atomic E-state index is -0.0541. The molecule has 0 unspecified atom stereocenters. The first kappa shape index (κ1) is 15.9. The number of para-hydroxylation sites is 1. The number of carbonyl (C=O) groups is 1. The molecule has 1 aliphatic rings. The molecule has 1 aliphatic heterocycles. The van der Waals surface area contributed by atoms with Gasteiger partial charge >= 0.3 is 0 Å². The predicted octanol–water partition coefficient (Wildman–Crippen LogP) is 2.72. The molecule has 1 atom stereocenters. The number of aromatic amines is 1. The first-order valence-corrected chi connectivity index (χ1v) is 8.67. The van der Waals surface area contributed by atoms with Crippen LogP contribution in [0.1, 0.15) is 28.4 Å². The van der Waals surface area contributed by atoms with Crippen LogP contribution >= 0.6 is 0 Å². The molecule has 2 aromatic heterocycles. The molecule has 0 aliphatic carbocycles. The highest BCUT2D eigenvalue weighted by atomic mass is 16.3. The molecular weight excluding hydrogens is 316 g/mol. The van der Waals surface area contributed by atoms with Crippen molar-refractivity contribution >= 4 is 16.9 Å². The van der Waals surface area contributed by atoms with Gasteiger partial charge in [0, 0.05) is 13.1 Å². The summed E-state index contributed by atoms with van der Waals surface area (Å²) in [7, 11) is 0. The summed E-state index contributed by atoms with van der Waals surface area (Å²) < 4.78 is 5.41. The number of amides is 1. The van der Waals surface area contributed by atoms with Gasteiger partial charge in [-0.25, -0.2) is 4.98 Å². The lowest BCUT2D eigenvalue weighted by molar-refractivity contribution is 0.0948. The number of furan rings is 1. The number of hydrogen-bond acceptors (Lipinski definition) is 4. The van der Waals surface area contributed by atoms with Gasteiger partial charge in [-0.15, -0.1) is 0 Å². The number of H-pyrrole nitrogens is 1. The van der Waals surface area contributed by atoms with E-state index in [1.807, 2.05) is 37.3 Å². The summed E-state index contributed by atoms with van der Waals surface area (Å²) in [4.78, 5) is 22.5. The third-order valence-corrected chi connectivity index (χ3v) is 4.76. The predicted molar refractivity (Wildman–Crippen MR) is 95.3 cm³/mol. The summed E-state index contributed by atoms with van der Waals surface area (Å²) in [6, 6.07) is 9.57. The highest BCUT2D eigenvalue weighted by Gasteiger charge is 2.24. The monoisotopic (exact) mass is 338 g/mol. The average Bonchev–Trinajstić information content (AvgIpc) is 3.33. The smallest absolute Gasteiger partial charge is 0.253 e. The fourth-order valence-electron chi connectivity index (χ4n) is 3.52. The number of rotatable bonds is 5. The van der Waals surface area contributed by atoms with Crippen molar-refractivity contribution in [1.29, 1.82) is 0 Å². The van der Waals surface area contributed by atoms with Gasteiger partial charge in [-0.05, 0) is 50.1 Å². The Morgan fingerprint density at radius 1 is 1.40 bits per heavy atom. The highest BCUT2D eigenvalue weighted by molar-refractivity contribution is 6.04. The second-order valence-electron chi connectivity index (χ2n) is 6.70. The van der Waals surface area contributed by atoms with Gasteiger partial charge in [0.05, 0.1) is 23.9 Å². The fourth-order valence-corrected chi connectivity index (χ4v) is 3.52. The summed E-state index contributed by atoms with van der Waals surface area (Å²) >= 11 is 0. The van der Waals surface area contributed by atoms with Crippen LogP contribution in [0.3, 0.4) is 0 Å². The molecule has 4 rings (SSSR count). The van der Waals surface area contributed by atoms with E-state index in [2.05, 4.69) is 20.2 Å². The Balaban J connectivity index is 1.34. The minimum absolute atomic E-state index is 0.0541. The lowest BCUT2D eigenvalue weighted by Crippen LogP contribution is -2.31. The number of hydrogen-bond donors (Lipinski definition) is 2. The molecule has 25 heavy (non-hydrogen) atoms. The SMILES string of the molecule is Cc1nc2c(C(=O)NC[C@H]3CCN(Cc4ccco4)C3)cccc2[nH]1. The van der Waals surface area contributed by atoms with Crippen LogP contribution in [0.5, 0.6) is 0 Å². The average molecular weight is 338 g/mol. The van der Waals surface area contributed by atoms with Gasteiger partial charge in [0.2, 0.25) is 0 Å². The first-order chi connectivity index (χ1) is 12.2. The van der Waals surface area contributed by atoms with Crippen molar-refractivity contribution in [3.8, 4) is 0 Å². The van der Waals surface area contributed by atoms with Crippen molar-refractivity contribution in [2.24, 2.45) is 5.92 Å². The first-order valence-electron chi connectivity index (χ1n) is 8.67. The second-order valence-corrected chi connectivity index (χ2v) is 6.70. The molecule has 1 amide bonds. The summed E-state index contributed by atoms with van der Waals surface area (Å²) in [6.45, 7) is 5.44. The van der Waals surface area contributed by atoms with Crippen molar-refractivity contribution in [3.05, 3.63) is 53.7 Å². The van der Waals surface area contributed by atoms with E-state index < -0.39 is 0 Å². The number of nitrogens with zero attached hydrogens (tertiary/aromatic N) is 2. The van der Waals surface area contributed by atoms with Crippen molar-refractivity contribution in [3.63, 3.8) is 0 Å². The van der Waals surface area contributed by atoms with E-state index in [4.69, 9.17) is 4.42 Å². The quantitative estimate of drug-likeness (QED) is 0.750. The molecule has 0 bridgehead atoms. The minimum Gasteiger partial charge on any atom is -0.468 e. The number of carbonyl (C=O) groups excluding carboxylic acids is 1. The number of nitrogens with one attached hydrogen (secondary N) is 2. The van der Waals surface area contributed by atoms with E-state index in [0.717, 1.165) is 48.7 Å². The molecule has 2 N–H and O–H groups in total. The van der Waals surface area contributed by atoms with E-state index in [0.29, 0.717) is 18.0 Å². The largest absolute Gasteiger partial charge is 0.468 e. The summed E-state index contributed by atoms with van der Waals surface area (Å²) in [5.41, 5.74) is 2.27. The number of likely N-dealkylation sites (tertiary alicyclic amines) is 1. The Bertz CT molecular complexity index is 869. The van der Waals surface area contributed by atoms with Crippen LogP contribution in [0.25, 0.3) is 11.0 Å². The molecule has 0 saturated carbocycles. The zero-order valence-corrected chi connectivity index (χ0v) is 14.3. The van der Waals surface area contributed by atoms with E-state index >= 15 is 0 Å². The van der Waals surface area contributed by atoms with Gasteiger partial charge in [0.15, 0.2) is 0 Å². The van der Waals surface area contributed by atoms with Gasteiger partial charge in [-0.1, -0.05) is 6.07 Å². The Morgan fingerprint density at radius 2 is 2.32 bits per heavy atom. The molecule has 0 radical (unpaired) electrons. The molecule has 1 saturated heterocycles. The number of aryl methyl sites for hydroxylation is 1. The maximum atomic E-state index is 12.6. The normalized spacial score (nSPS) is 18.0. The summed E-state index contributed by atoms with van der Waals surface area (Å²) in [5, 5.41) is 3.08. The Hall–Kier alpha value is -2.60. The number of imidazole rings is 1. The zero-order chi connectivity index (χ0) is 17.2. The summed E-state index contributed by atoms with van der Waals surface area (Å²) in [5.74, 6) is 2.23. The van der Waals surface area contributed by atoms with Gasteiger partial charge in [-0.2, -0.15) is 0 Å². The van der Waals surface area contributed by atoms with Crippen LogP contribution in [-0.2, 0) is 6.54 Å². The van der Waals surface area contributed by atoms with Gasteiger partial charge < -0.3 is 14.7 Å². The molecular formula is C19H22N4O2. The Labute approximate surface area is 146 Å². The maximum absolute atomic E-state index is 12.6. The molecule has 6 heteroatoms. The van der Waals surface area contributed by atoms with Crippen LogP contribution in [0.15, 0.2) is 41.0 Å². The van der Waals surface area contributed by atoms with Crippen LogP contribution in [0, 0.1) is 12.8 Å². The van der Waals surface area contributed by atoms with Crippen LogP contribution in [-0.4, -0.2) is 40.4 Å². The topological polar surface area (TPSA) is 74.2 Å². The van der Waals surface area contributed by atoms with E-state index in [1.54, 1.807) is 6.26 Å². The fraction of sp³-hybridized carbons (Fsp3) is 0.368. The standard InChI is InChI=1S/C19H22N4O2/c1-13-21-17-6-2-5-16(18(17)22-13)19(24)20-10-14-7-8-23(11-14)12-15-4-3-9-25-15/h2-6,9,14H,7-8,10-12H2,1H3,(H,20,24)(H,21,22)/t14-/m1/s1. The zero-order valence-electron chi connectivity index (χ0n) is 14.3. The number of benzene rings is 1. The summed E-state index contributed by atoms with van der Waals surface area (Å²) in [6.07, 6.45) is 2.80. The molecule has 130 valence electrons. The molecule has 6 nitrogen and oxygen atoms in total. The van der Waals surface area contributed by atoms with Gasteiger partial charge in [-0.3, -0.25) is 9.69 Å². The van der Waals surface area contributed by atoms with Crippen LogP contribution < -0.4 is 5.32 Å². The molecule has 1 aromatic carbocycles. The van der Waals surface area contributed by atoms with Crippen molar-refractivity contribution in [2.75, 3.05) is 19.6 Å². The Kier molecular flexibility index (Phi) is 4.28. The van der Waals surface area contributed by atoms with Crippen LogP contribution in [0.4, 0.5) is 0 Å². The van der Waals surface area contributed by atoms with E-state index in [-0.39, 0.29) is 5.91 Å². The molecule has 3 aromatic rings. The second kappa shape index (κ2) is 6.72. The van der Waals surface area contributed by atoms with E-state index in [1.165, 1.54) is 0 Å². The number of fused-ring (bicyclic) bond motifs is 1. The van der Waals surface area contributed by atoms with Crippen LogP contribution in [0.2, 0.25) is 0 Å².